The average molecular weight is 247 g/mol. The molecule has 18 heavy (non-hydrogen) atoms. The number of anilines is 1. The number of benzene rings is 1. The molecule has 0 saturated heterocycles. The van der Waals surface area contributed by atoms with Gasteiger partial charge in [0, 0.05) is 30.3 Å². The first-order valence-corrected chi connectivity index (χ1v) is 5.43. The maximum absolute atomic E-state index is 11.4. The van der Waals surface area contributed by atoms with Gasteiger partial charge in [0.2, 0.25) is 5.91 Å². The molecule has 0 spiro atoms. The molecule has 0 saturated carbocycles. The molecule has 1 N–H and O–H groups in total. The van der Waals surface area contributed by atoms with Crippen molar-refractivity contribution in [3.05, 3.63) is 40.2 Å². The molecule has 5 nitrogen and oxygen atoms in total. The zero-order valence-corrected chi connectivity index (χ0v) is 10.1. The standard InChI is InChI=1S/C13H13NO4/c1-8-5-13(16)18-11-6-9(3-4-10(8)11)14-12(15)7-17-2/h3-6H,7H2,1-2H3,(H,14,15). The van der Waals surface area contributed by atoms with Crippen molar-refractivity contribution in [2.75, 3.05) is 19.0 Å². The van der Waals surface area contributed by atoms with Crippen LogP contribution in [-0.2, 0) is 9.53 Å². The Morgan fingerprint density at radius 1 is 1.39 bits per heavy atom. The Labute approximate surface area is 103 Å². The molecule has 2 aromatic rings. The number of methoxy groups -OCH3 is 1. The molecule has 0 atom stereocenters. The van der Waals surface area contributed by atoms with E-state index in [1.807, 2.05) is 6.92 Å². The molecule has 0 bridgehead atoms. The van der Waals surface area contributed by atoms with Crippen LogP contribution in [-0.4, -0.2) is 19.6 Å². The smallest absolute Gasteiger partial charge is 0.336 e. The first-order chi connectivity index (χ1) is 8.60. The normalized spacial score (nSPS) is 10.6. The fourth-order valence-electron chi connectivity index (χ4n) is 1.73. The van der Waals surface area contributed by atoms with Gasteiger partial charge in [0.25, 0.3) is 0 Å². The predicted octanol–water partition coefficient (Wildman–Crippen LogP) is 1.69. The second-order valence-electron chi connectivity index (χ2n) is 3.94. The van der Waals surface area contributed by atoms with Crippen LogP contribution in [0.5, 0.6) is 0 Å². The molecule has 0 aliphatic heterocycles. The van der Waals surface area contributed by atoms with Gasteiger partial charge in [-0.25, -0.2) is 4.79 Å². The van der Waals surface area contributed by atoms with Crippen molar-refractivity contribution in [2.24, 2.45) is 0 Å². The van der Waals surface area contributed by atoms with Crippen molar-refractivity contribution in [2.45, 2.75) is 6.92 Å². The Kier molecular flexibility index (Phi) is 3.43. The van der Waals surface area contributed by atoms with Crippen LogP contribution in [0.2, 0.25) is 0 Å². The van der Waals surface area contributed by atoms with Crippen LogP contribution >= 0.6 is 0 Å². The van der Waals surface area contributed by atoms with Crippen molar-refractivity contribution in [1.29, 1.82) is 0 Å². The van der Waals surface area contributed by atoms with Gasteiger partial charge in [-0.1, -0.05) is 0 Å². The number of carbonyl (C=O) groups is 1. The highest BCUT2D eigenvalue weighted by molar-refractivity contribution is 5.94. The van der Waals surface area contributed by atoms with Crippen LogP contribution < -0.4 is 10.9 Å². The molecule has 0 fully saturated rings. The first kappa shape index (κ1) is 12.3. The van der Waals surface area contributed by atoms with Gasteiger partial charge in [0.05, 0.1) is 0 Å². The van der Waals surface area contributed by atoms with Crippen molar-refractivity contribution >= 4 is 22.6 Å². The summed E-state index contributed by atoms with van der Waals surface area (Å²) in [6.45, 7) is 1.82. The molecule has 1 aromatic carbocycles. The lowest BCUT2D eigenvalue weighted by Crippen LogP contribution is -2.17. The highest BCUT2D eigenvalue weighted by Gasteiger charge is 2.05. The van der Waals surface area contributed by atoms with E-state index in [2.05, 4.69) is 5.32 Å². The molecule has 0 radical (unpaired) electrons. The summed E-state index contributed by atoms with van der Waals surface area (Å²) in [6, 6.07) is 6.61. The van der Waals surface area contributed by atoms with Gasteiger partial charge in [-0.3, -0.25) is 4.79 Å². The van der Waals surface area contributed by atoms with Crippen LogP contribution in [0.1, 0.15) is 5.56 Å². The van der Waals surface area contributed by atoms with E-state index in [0.29, 0.717) is 11.3 Å². The highest BCUT2D eigenvalue weighted by Crippen LogP contribution is 2.20. The van der Waals surface area contributed by atoms with E-state index in [1.165, 1.54) is 13.2 Å². The molecular formula is C13H13NO4. The lowest BCUT2D eigenvalue weighted by Gasteiger charge is -2.06. The summed E-state index contributed by atoms with van der Waals surface area (Å²) >= 11 is 0. The molecule has 0 aliphatic carbocycles. The zero-order valence-electron chi connectivity index (χ0n) is 10.1. The molecule has 1 heterocycles. The van der Waals surface area contributed by atoms with E-state index in [-0.39, 0.29) is 12.5 Å². The van der Waals surface area contributed by atoms with Crippen LogP contribution in [0, 0.1) is 6.92 Å². The van der Waals surface area contributed by atoms with Gasteiger partial charge in [-0.2, -0.15) is 0 Å². The van der Waals surface area contributed by atoms with E-state index >= 15 is 0 Å². The average Bonchev–Trinajstić information content (AvgIpc) is 2.28. The third kappa shape index (κ3) is 2.57. The van der Waals surface area contributed by atoms with Gasteiger partial charge in [0.1, 0.15) is 12.2 Å². The molecule has 0 unspecified atom stereocenters. The summed E-state index contributed by atoms with van der Waals surface area (Å²) in [5.74, 6) is -0.258. The van der Waals surface area contributed by atoms with E-state index in [4.69, 9.17) is 9.15 Å². The van der Waals surface area contributed by atoms with E-state index in [1.54, 1.807) is 18.2 Å². The van der Waals surface area contributed by atoms with Gasteiger partial charge in [0.15, 0.2) is 0 Å². The molecule has 1 aromatic heterocycles. The molecule has 5 heteroatoms. The number of aryl methyl sites for hydroxylation is 1. The van der Waals surface area contributed by atoms with E-state index in [0.717, 1.165) is 10.9 Å². The van der Waals surface area contributed by atoms with E-state index in [9.17, 15) is 9.59 Å². The Balaban J connectivity index is 2.38. The van der Waals surface area contributed by atoms with Gasteiger partial charge < -0.3 is 14.5 Å². The first-order valence-electron chi connectivity index (χ1n) is 5.43. The minimum absolute atomic E-state index is 0.0181. The summed E-state index contributed by atoms with van der Waals surface area (Å²) in [7, 11) is 1.45. The van der Waals surface area contributed by atoms with Crippen LogP contribution in [0.3, 0.4) is 0 Å². The minimum Gasteiger partial charge on any atom is -0.423 e. The lowest BCUT2D eigenvalue weighted by atomic mass is 10.1. The van der Waals surface area contributed by atoms with Gasteiger partial charge in [-0.15, -0.1) is 0 Å². The van der Waals surface area contributed by atoms with Gasteiger partial charge in [-0.05, 0) is 24.6 Å². The monoisotopic (exact) mass is 247 g/mol. The van der Waals surface area contributed by atoms with Crippen molar-refractivity contribution in [3.63, 3.8) is 0 Å². The second kappa shape index (κ2) is 5.01. The van der Waals surface area contributed by atoms with Crippen LogP contribution in [0.15, 0.2) is 33.5 Å². The maximum atomic E-state index is 11.4. The largest absolute Gasteiger partial charge is 0.423 e. The number of rotatable bonds is 3. The Morgan fingerprint density at radius 3 is 2.89 bits per heavy atom. The summed E-state index contributed by atoms with van der Waals surface area (Å²) in [6.07, 6.45) is 0. The fourth-order valence-corrected chi connectivity index (χ4v) is 1.73. The Hall–Kier alpha value is -2.14. The lowest BCUT2D eigenvalue weighted by molar-refractivity contribution is -0.119. The maximum Gasteiger partial charge on any atom is 0.336 e. The topological polar surface area (TPSA) is 68.5 Å². The van der Waals surface area contributed by atoms with Crippen molar-refractivity contribution < 1.29 is 13.9 Å². The second-order valence-corrected chi connectivity index (χ2v) is 3.94. The molecule has 1 amide bonds. The Bertz CT molecular complexity index is 645. The van der Waals surface area contributed by atoms with Crippen LogP contribution in [0.4, 0.5) is 5.69 Å². The number of nitrogens with one attached hydrogen (secondary N) is 1. The summed E-state index contributed by atoms with van der Waals surface area (Å²) in [4.78, 5) is 22.6. The molecule has 0 aliphatic rings. The molecule has 94 valence electrons. The number of fused-ring (bicyclic) bond motifs is 1. The van der Waals surface area contributed by atoms with E-state index < -0.39 is 5.63 Å². The Morgan fingerprint density at radius 2 is 2.17 bits per heavy atom. The molecular weight excluding hydrogens is 234 g/mol. The third-order valence-electron chi connectivity index (χ3n) is 2.51. The predicted molar refractivity (Wildman–Crippen MR) is 67.7 cm³/mol. The number of hydrogen-bond donors (Lipinski definition) is 1. The number of carbonyl (C=O) groups excluding carboxylic acids is 1. The van der Waals surface area contributed by atoms with Crippen molar-refractivity contribution in [1.82, 2.24) is 0 Å². The zero-order chi connectivity index (χ0) is 13.1. The third-order valence-corrected chi connectivity index (χ3v) is 2.51. The van der Waals surface area contributed by atoms with Gasteiger partial charge >= 0.3 is 5.63 Å². The SMILES string of the molecule is COCC(=O)Nc1ccc2c(C)cc(=O)oc2c1. The summed E-state index contributed by atoms with van der Waals surface area (Å²) < 4.78 is 9.80. The number of ether oxygens (including phenoxy) is 1. The van der Waals surface area contributed by atoms with Crippen molar-refractivity contribution in [3.8, 4) is 0 Å². The highest BCUT2D eigenvalue weighted by atomic mass is 16.5. The number of amides is 1. The number of hydrogen-bond acceptors (Lipinski definition) is 4. The summed E-state index contributed by atoms with van der Waals surface area (Å²) in [5, 5.41) is 3.49. The summed E-state index contributed by atoms with van der Waals surface area (Å²) in [5.41, 5.74) is 1.46. The fraction of sp³-hybridized carbons (Fsp3) is 0.231. The molecule has 2 rings (SSSR count). The quantitative estimate of drug-likeness (QED) is 0.838. The minimum atomic E-state index is -0.402. The van der Waals surface area contributed by atoms with Crippen LogP contribution in [0.25, 0.3) is 11.0 Å².